The summed E-state index contributed by atoms with van der Waals surface area (Å²) in [7, 11) is 0. The molecule has 1 aromatic heterocycles. The summed E-state index contributed by atoms with van der Waals surface area (Å²) < 4.78 is 11.1. The molecule has 2 fully saturated rings. The van der Waals surface area contributed by atoms with E-state index in [1.54, 1.807) is 6.20 Å². The number of aromatic nitrogens is 1. The summed E-state index contributed by atoms with van der Waals surface area (Å²) >= 11 is 0. The Morgan fingerprint density at radius 1 is 1.00 bits per heavy atom. The van der Waals surface area contributed by atoms with Crippen molar-refractivity contribution in [2.75, 3.05) is 0 Å². The molecule has 1 saturated carbocycles. The second-order valence-corrected chi connectivity index (χ2v) is 9.39. The van der Waals surface area contributed by atoms with Crippen LogP contribution in [-0.4, -0.2) is 61.1 Å². The van der Waals surface area contributed by atoms with E-state index in [9.17, 15) is 25.2 Å². The average Bonchev–Trinajstić information content (AvgIpc) is 3.52. The SMILES string of the molecule is O=C(Oc1c[nH]c2ccc3cc4ccccc4cc3c12)C1OC(O)(C2(O)CCCC2)C(O)C1O. The van der Waals surface area contributed by atoms with Gasteiger partial charge in [0.05, 0.1) is 5.39 Å². The number of fused-ring (bicyclic) bond motifs is 4. The van der Waals surface area contributed by atoms with Crippen molar-refractivity contribution in [3.63, 3.8) is 0 Å². The quantitative estimate of drug-likeness (QED) is 0.233. The zero-order valence-electron chi connectivity index (χ0n) is 18.3. The molecule has 0 radical (unpaired) electrons. The van der Waals surface area contributed by atoms with Crippen LogP contribution in [0.4, 0.5) is 0 Å². The van der Waals surface area contributed by atoms with Crippen LogP contribution in [0, 0.1) is 0 Å². The van der Waals surface area contributed by atoms with E-state index in [0.717, 1.165) is 27.1 Å². The number of carbonyl (C=O) groups is 1. The molecule has 4 atom stereocenters. The molecular weight excluding hydrogens is 438 g/mol. The summed E-state index contributed by atoms with van der Waals surface area (Å²) in [4.78, 5) is 16.1. The van der Waals surface area contributed by atoms with Crippen LogP contribution >= 0.6 is 0 Å². The number of aromatic amines is 1. The topological polar surface area (TPSA) is 132 Å². The van der Waals surface area contributed by atoms with Crippen molar-refractivity contribution in [1.82, 2.24) is 4.98 Å². The average molecular weight is 463 g/mol. The molecule has 34 heavy (non-hydrogen) atoms. The molecule has 4 unspecified atom stereocenters. The standard InChI is InChI=1S/C26H25NO7/c28-21-22(34-26(32,23(21)29)25(31)9-3-4-10-25)24(30)33-19-13-27-18-8-7-16-11-14-5-1-2-6-15(14)12-17(16)20(18)19/h1-2,5-8,11-13,21-23,27-29,31-32H,3-4,9-10H2. The lowest BCUT2D eigenvalue weighted by atomic mass is 9.86. The maximum atomic E-state index is 13.0. The zero-order chi connectivity index (χ0) is 23.7. The molecule has 5 N–H and O–H groups in total. The number of aliphatic hydroxyl groups excluding tert-OH is 2. The number of ether oxygens (including phenoxy) is 2. The third-order valence-electron chi connectivity index (χ3n) is 7.37. The fourth-order valence-corrected chi connectivity index (χ4v) is 5.48. The lowest BCUT2D eigenvalue weighted by Crippen LogP contribution is -2.60. The van der Waals surface area contributed by atoms with Crippen LogP contribution in [0.25, 0.3) is 32.4 Å². The molecule has 0 amide bonds. The number of carbonyl (C=O) groups excluding carboxylic acids is 1. The molecule has 3 aromatic carbocycles. The van der Waals surface area contributed by atoms with Gasteiger partial charge in [0.1, 0.15) is 17.8 Å². The van der Waals surface area contributed by atoms with E-state index in [0.29, 0.717) is 18.2 Å². The minimum atomic E-state index is -2.46. The second-order valence-electron chi connectivity index (χ2n) is 9.39. The molecule has 6 rings (SSSR count). The molecule has 8 heteroatoms. The Labute approximate surface area is 194 Å². The van der Waals surface area contributed by atoms with Crippen LogP contribution in [0.2, 0.25) is 0 Å². The van der Waals surface area contributed by atoms with Crippen molar-refractivity contribution in [2.24, 2.45) is 0 Å². The first kappa shape index (κ1) is 21.5. The second kappa shape index (κ2) is 7.49. The lowest BCUT2D eigenvalue weighted by Gasteiger charge is -2.39. The molecule has 0 bridgehead atoms. The van der Waals surface area contributed by atoms with Crippen LogP contribution in [0.15, 0.2) is 54.7 Å². The van der Waals surface area contributed by atoms with Gasteiger partial charge in [0.25, 0.3) is 0 Å². The van der Waals surface area contributed by atoms with E-state index < -0.39 is 35.7 Å². The highest BCUT2D eigenvalue weighted by Crippen LogP contribution is 2.46. The fraction of sp³-hybridized carbons (Fsp3) is 0.346. The van der Waals surface area contributed by atoms with Crippen molar-refractivity contribution < 1.29 is 34.7 Å². The monoisotopic (exact) mass is 463 g/mol. The Morgan fingerprint density at radius 3 is 2.44 bits per heavy atom. The highest BCUT2D eigenvalue weighted by atomic mass is 16.7. The molecule has 1 saturated heterocycles. The van der Waals surface area contributed by atoms with E-state index in [4.69, 9.17) is 9.47 Å². The summed E-state index contributed by atoms with van der Waals surface area (Å²) in [5, 5.41) is 47.5. The molecule has 4 aromatic rings. The van der Waals surface area contributed by atoms with Gasteiger partial charge in [-0.1, -0.05) is 43.2 Å². The normalized spacial score (nSPS) is 28.8. The first-order valence-corrected chi connectivity index (χ1v) is 11.4. The van der Waals surface area contributed by atoms with E-state index in [-0.39, 0.29) is 18.6 Å². The smallest absolute Gasteiger partial charge is 0.343 e. The highest BCUT2D eigenvalue weighted by Gasteiger charge is 2.66. The molecular formula is C26H25NO7. The van der Waals surface area contributed by atoms with Gasteiger partial charge in [-0.2, -0.15) is 0 Å². The van der Waals surface area contributed by atoms with E-state index in [2.05, 4.69) is 11.1 Å². The number of rotatable bonds is 3. The predicted octanol–water partition coefficient (Wildman–Crippen LogP) is 2.49. The van der Waals surface area contributed by atoms with Crippen molar-refractivity contribution in [2.45, 2.75) is 55.4 Å². The van der Waals surface area contributed by atoms with Crippen molar-refractivity contribution in [1.29, 1.82) is 0 Å². The molecule has 2 aliphatic rings. The minimum Gasteiger partial charge on any atom is -0.422 e. The molecule has 8 nitrogen and oxygen atoms in total. The minimum absolute atomic E-state index is 0.192. The summed E-state index contributed by atoms with van der Waals surface area (Å²) in [6.45, 7) is 0. The first-order chi connectivity index (χ1) is 16.3. The van der Waals surface area contributed by atoms with Crippen molar-refractivity contribution in [3.8, 4) is 5.75 Å². The molecule has 176 valence electrons. The van der Waals surface area contributed by atoms with Crippen molar-refractivity contribution in [3.05, 3.63) is 54.7 Å². The third kappa shape index (κ3) is 3.00. The number of aliphatic hydroxyl groups is 4. The molecule has 0 spiro atoms. The van der Waals surface area contributed by atoms with Crippen LogP contribution in [0.5, 0.6) is 5.75 Å². The molecule has 1 aliphatic heterocycles. The summed E-state index contributed by atoms with van der Waals surface area (Å²) in [6.07, 6.45) is -2.07. The Morgan fingerprint density at radius 2 is 1.71 bits per heavy atom. The van der Waals surface area contributed by atoms with Gasteiger partial charge in [0.2, 0.25) is 5.79 Å². The van der Waals surface area contributed by atoms with Gasteiger partial charge in [0.15, 0.2) is 11.9 Å². The van der Waals surface area contributed by atoms with Gasteiger partial charge in [-0.3, -0.25) is 0 Å². The lowest BCUT2D eigenvalue weighted by molar-refractivity contribution is -0.313. The van der Waals surface area contributed by atoms with Crippen LogP contribution in [0.1, 0.15) is 25.7 Å². The summed E-state index contributed by atoms with van der Waals surface area (Å²) in [6, 6.07) is 15.9. The van der Waals surface area contributed by atoms with Gasteiger partial charge in [-0.05, 0) is 52.6 Å². The third-order valence-corrected chi connectivity index (χ3v) is 7.37. The van der Waals surface area contributed by atoms with Crippen LogP contribution in [-0.2, 0) is 9.53 Å². The molecule has 2 heterocycles. The van der Waals surface area contributed by atoms with E-state index >= 15 is 0 Å². The number of benzene rings is 3. The van der Waals surface area contributed by atoms with Gasteiger partial charge in [-0.15, -0.1) is 0 Å². The van der Waals surface area contributed by atoms with E-state index in [1.807, 2.05) is 42.5 Å². The summed E-state index contributed by atoms with van der Waals surface area (Å²) in [5.74, 6) is -3.19. The Kier molecular flexibility index (Phi) is 4.74. The number of hydrogen-bond acceptors (Lipinski definition) is 7. The first-order valence-electron chi connectivity index (χ1n) is 11.4. The largest absolute Gasteiger partial charge is 0.422 e. The predicted molar refractivity (Wildman–Crippen MR) is 124 cm³/mol. The number of H-pyrrole nitrogens is 1. The fourth-order valence-electron chi connectivity index (χ4n) is 5.48. The van der Waals surface area contributed by atoms with Crippen LogP contribution < -0.4 is 4.74 Å². The Bertz CT molecular complexity index is 1420. The van der Waals surface area contributed by atoms with Gasteiger partial charge < -0.3 is 34.9 Å². The van der Waals surface area contributed by atoms with Gasteiger partial charge in [-0.25, -0.2) is 4.79 Å². The van der Waals surface area contributed by atoms with Gasteiger partial charge >= 0.3 is 5.97 Å². The number of esters is 1. The maximum absolute atomic E-state index is 13.0. The van der Waals surface area contributed by atoms with Crippen LogP contribution in [0.3, 0.4) is 0 Å². The number of hydrogen-bond donors (Lipinski definition) is 5. The van der Waals surface area contributed by atoms with Gasteiger partial charge in [0, 0.05) is 11.7 Å². The Hall–Kier alpha value is -3.01. The van der Waals surface area contributed by atoms with Crippen molar-refractivity contribution >= 4 is 38.4 Å². The van der Waals surface area contributed by atoms with E-state index in [1.165, 1.54) is 0 Å². The summed E-state index contributed by atoms with van der Waals surface area (Å²) in [5.41, 5.74) is -0.990. The highest BCUT2D eigenvalue weighted by molar-refractivity contribution is 6.14. The zero-order valence-corrected chi connectivity index (χ0v) is 18.3. The molecule has 1 aliphatic carbocycles. The number of nitrogens with one attached hydrogen (secondary N) is 1. The maximum Gasteiger partial charge on any atom is 0.343 e. The Balaban J connectivity index is 1.36.